The molecule has 0 aromatic heterocycles. The fraction of sp³-hybridized carbons (Fsp3) is 0.533. The summed E-state index contributed by atoms with van der Waals surface area (Å²) in [4.78, 5) is 14.3. The lowest BCUT2D eigenvalue weighted by molar-refractivity contribution is 0.0748. The van der Waals surface area contributed by atoms with Crippen molar-refractivity contribution in [1.29, 1.82) is 0 Å². The molecule has 19 heavy (non-hydrogen) atoms. The third-order valence-corrected chi connectivity index (χ3v) is 3.73. The van der Waals surface area contributed by atoms with Gasteiger partial charge in [0.1, 0.15) is 5.75 Å². The molecule has 1 amide bonds. The number of alkyl halides is 1. The lowest BCUT2D eigenvalue weighted by Gasteiger charge is -2.23. The van der Waals surface area contributed by atoms with Crippen LogP contribution >= 0.6 is 11.6 Å². The summed E-state index contributed by atoms with van der Waals surface area (Å²) in [6.07, 6.45) is 3.00. The Morgan fingerprint density at radius 2 is 2.37 bits per heavy atom. The Bertz CT molecular complexity index is 436. The van der Waals surface area contributed by atoms with Crippen molar-refractivity contribution in [2.45, 2.75) is 32.2 Å². The van der Waals surface area contributed by atoms with Crippen LogP contribution in [0.25, 0.3) is 0 Å². The van der Waals surface area contributed by atoms with Gasteiger partial charge in [-0.25, -0.2) is 0 Å². The van der Waals surface area contributed by atoms with E-state index in [9.17, 15) is 4.79 Å². The Hall–Kier alpha value is -1.22. The largest absolute Gasteiger partial charge is 0.494 e. The van der Waals surface area contributed by atoms with Gasteiger partial charge in [0.2, 0.25) is 0 Å². The average molecular weight is 282 g/mol. The number of ether oxygens (including phenoxy) is 1. The van der Waals surface area contributed by atoms with Gasteiger partial charge in [-0.2, -0.15) is 0 Å². The van der Waals surface area contributed by atoms with E-state index in [0.717, 1.165) is 31.6 Å². The normalized spacial score (nSPS) is 18.6. The van der Waals surface area contributed by atoms with Crippen molar-refractivity contribution in [3.63, 3.8) is 0 Å². The SMILES string of the molecule is CCCOc1cccc(C(=O)N2CCCC2CCl)c1. The highest BCUT2D eigenvalue weighted by Gasteiger charge is 2.28. The third kappa shape index (κ3) is 3.41. The van der Waals surface area contributed by atoms with Gasteiger partial charge in [0.25, 0.3) is 5.91 Å². The highest BCUT2D eigenvalue weighted by molar-refractivity contribution is 6.18. The summed E-state index contributed by atoms with van der Waals surface area (Å²) >= 11 is 5.92. The first-order valence-electron chi connectivity index (χ1n) is 6.86. The molecule has 1 fully saturated rings. The van der Waals surface area contributed by atoms with Crippen LogP contribution in [0, 0.1) is 0 Å². The summed E-state index contributed by atoms with van der Waals surface area (Å²) in [6, 6.07) is 7.58. The number of amides is 1. The zero-order chi connectivity index (χ0) is 13.7. The van der Waals surface area contributed by atoms with Crippen LogP contribution in [0.3, 0.4) is 0 Å². The number of hydrogen-bond acceptors (Lipinski definition) is 2. The second-order valence-corrected chi connectivity index (χ2v) is 5.13. The Morgan fingerprint density at radius 1 is 1.53 bits per heavy atom. The van der Waals surface area contributed by atoms with Crippen molar-refractivity contribution in [2.24, 2.45) is 0 Å². The molecule has 2 rings (SSSR count). The first-order chi connectivity index (χ1) is 9.26. The quantitative estimate of drug-likeness (QED) is 0.775. The van der Waals surface area contributed by atoms with E-state index in [4.69, 9.17) is 16.3 Å². The molecule has 4 heteroatoms. The van der Waals surface area contributed by atoms with Crippen LogP contribution in [0.2, 0.25) is 0 Å². The van der Waals surface area contributed by atoms with E-state index in [1.54, 1.807) is 0 Å². The molecule has 0 saturated carbocycles. The molecule has 0 spiro atoms. The van der Waals surface area contributed by atoms with Crippen LogP contribution < -0.4 is 4.74 Å². The number of hydrogen-bond donors (Lipinski definition) is 0. The Kier molecular flexibility index (Phi) is 5.08. The van der Waals surface area contributed by atoms with Gasteiger partial charge in [-0.1, -0.05) is 13.0 Å². The fourth-order valence-electron chi connectivity index (χ4n) is 2.37. The number of rotatable bonds is 5. The lowest BCUT2D eigenvalue weighted by atomic mass is 10.1. The van der Waals surface area contributed by atoms with E-state index in [0.29, 0.717) is 18.1 Å². The fourth-order valence-corrected chi connectivity index (χ4v) is 2.69. The molecule has 104 valence electrons. The minimum Gasteiger partial charge on any atom is -0.494 e. The standard InChI is InChI=1S/C15H20ClNO2/c1-2-9-19-14-7-3-5-12(10-14)15(18)17-8-4-6-13(17)11-16/h3,5,7,10,13H,2,4,6,8-9,11H2,1H3. The minimum absolute atomic E-state index is 0.0603. The van der Waals surface area contributed by atoms with Crippen LogP contribution in [0.5, 0.6) is 5.75 Å². The van der Waals surface area contributed by atoms with Gasteiger partial charge in [-0.05, 0) is 37.5 Å². The van der Waals surface area contributed by atoms with Crippen LogP contribution in [0.1, 0.15) is 36.5 Å². The monoisotopic (exact) mass is 281 g/mol. The van der Waals surface area contributed by atoms with E-state index in [1.165, 1.54) is 0 Å². The first-order valence-corrected chi connectivity index (χ1v) is 7.39. The predicted octanol–water partition coefficient (Wildman–Crippen LogP) is 3.32. The maximum absolute atomic E-state index is 12.5. The summed E-state index contributed by atoms with van der Waals surface area (Å²) in [7, 11) is 0. The number of nitrogens with zero attached hydrogens (tertiary/aromatic N) is 1. The lowest BCUT2D eigenvalue weighted by Crippen LogP contribution is -2.36. The molecule has 1 aromatic carbocycles. The summed E-state index contributed by atoms with van der Waals surface area (Å²) in [5.41, 5.74) is 0.686. The molecule has 0 bridgehead atoms. The van der Waals surface area contributed by atoms with Crippen molar-refractivity contribution >= 4 is 17.5 Å². The third-order valence-electron chi connectivity index (χ3n) is 3.37. The van der Waals surface area contributed by atoms with Crippen molar-refractivity contribution in [2.75, 3.05) is 19.0 Å². The number of benzene rings is 1. The van der Waals surface area contributed by atoms with Gasteiger partial charge >= 0.3 is 0 Å². The molecule has 1 aliphatic heterocycles. The van der Waals surface area contributed by atoms with Crippen molar-refractivity contribution < 1.29 is 9.53 Å². The molecule has 3 nitrogen and oxygen atoms in total. The second kappa shape index (κ2) is 6.80. The highest BCUT2D eigenvalue weighted by atomic mass is 35.5. The Balaban J connectivity index is 2.10. The van der Waals surface area contributed by atoms with Gasteiger partial charge in [0.15, 0.2) is 0 Å². The van der Waals surface area contributed by atoms with Gasteiger partial charge in [0.05, 0.1) is 6.61 Å². The Morgan fingerprint density at radius 3 is 3.11 bits per heavy atom. The molecule has 1 aliphatic rings. The molecular formula is C15H20ClNO2. The molecule has 1 unspecified atom stereocenters. The summed E-state index contributed by atoms with van der Waals surface area (Å²) in [5.74, 6) is 1.33. The average Bonchev–Trinajstić information content (AvgIpc) is 2.93. The van der Waals surface area contributed by atoms with E-state index >= 15 is 0 Å². The van der Waals surface area contributed by atoms with Gasteiger partial charge in [0, 0.05) is 24.0 Å². The number of halogens is 1. The zero-order valence-corrected chi connectivity index (χ0v) is 12.0. The molecule has 1 heterocycles. The van der Waals surface area contributed by atoms with Gasteiger partial charge in [-0.15, -0.1) is 11.6 Å². The second-order valence-electron chi connectivity index (χ2n) is 4.83. The molecule has 1 atom stereocenters. The van der Waals surface area contributed by atoms with E-state index < -0.39 is 0 Å². The zero-order valence-electron chi connectivity index (χ0n) is 11.3. The first kappa shape index (κ1) is 14.2. The molecule has 0 N–H and O–H groups in total. The molecule has 0 aliphatic carbocycles. The smallest absolute Gasteiger partial charge is 0.254 e. The molecular weight excluding hydrogens is 262 g/mol. The summed E-state index contributed by atoms with van der Waals surface area (Å²) in [5, 5.41) is 0. The van der Waals surface area contributed by atoms with Crippen molar-refractivity contribution in [1.82, 2.24) is 4.90 Å². The maximum Gasteiger partial charge on any atom is 0.254 e. The summed E-state index contributed by atoms with van der Waals surface area (Å²) < 4.78 is 5.56. The van der Waals surface area contributed by atoms with Crippen molar-refractivity contribution in [3.8, 4) is 5.75 Å². The Labute approximate surface area is 119 Å². The number of carbonyl (C=O) groups is 1. The van der Waals surface area contributed by atoms with Crippen LogP contribution in [0.4, 0.5) is 0 Å². The predicted molar refractivity (Wildman–Crippen MR) is 77.0 cm³/mol. The summed E-state index contributed by atoms with van der Waals surface area (Å²) in [6.45, 7) is 3.53. The van der Waals surface area contributed by atoms with Gasteiger partial charge < -0.3 is 9.64 Å². The van der Waals surface area contributed by atoms with Crippen LogP contribution in [-0.4, -0.2) is 35.9 Å². The molecule has 0 radical (unpaired) electrons. The van der Waals surface area contributed by atoms with Crippen LogP contribution in [-0.2, 0) is 0 Å². The van der Waals surface area contributed by atoms with Gasteiger partial charge in [-0.3, -0.25) is 4.79 Å². The molecule has 1 aromatic rings. The molecule has 1 saturated heterocycles. The van der Waals surface area contributed by atoms with E-state index in [1.807, 2.05) is 29.2 Å². The minimum atomic E-state index is 0.0603. The maximum atomic E-state index is 12.5. The highest BCUT2D eigenvalue weighted by Crippen LogP contribution is 2.22. The number of likely N-dealkylation sites (tertiary alicyclic amines) is 1. The van der Waals surface area contributed by atoms with E-state index in [2.05, 4.69) is 6.92 Å². The topological polar surface area (TPSA) is 29.5 Å². The van der Waals surface area contributed by atoms with Crippen molar-refractivity contribution in [3.05, 3.63) is 29.8 Å². The van der Waals surface area contributed by atoms with E-state index in [-0.39, 0.29) is 11.9 Å². The van der Waals surface area contributed by atoms with Crippen LogP contribution in [0.15, 0.2) is 24.3 Å². The number of carbonyl (C=O) groups excluding carboxylic acids is 1.